The van der Waals surface area contributed by atoms with Crippen LogP contribution in [0.4, 0.5) is 19.1 Å². The van der Waals surface area contributed by atoms with Gasteiger partial charge in [0.2, 0.25) is 5.95 Å². The molecule has 1 unspecified atom stereocenters. The number of hydrogen-bond donors (Lipinski definition) is 0. The number of alkyl halides is 3. The van der Waals surface area contributed by atoms with Crippen LogP contribution in [0, 0.1) is 20.8 Å². The van der Waals surface area contributed by atoms with Crippen molar-refractivity contribution < 1.29 is 21.6 Å². The third kappa shape index (κ3) is 2.76. The van der Waals surface area contributed by atoms with E-state index in [0.29, 0.717) is 15.3 Å². The molecule has 28 heavy (non-hydrogen) atoms. The average molecular weight is 409 g/mol. The first-order chi connectivity index (χ1) is 13.0. The van der Waals surface area contributed by atoms with Gasteiger partial charge in [0.1, 0.15) is 0 Å². The van der Waals surface area contributed by atoms with Crippen LogP contribution in [-0.2, 0) is 16.6 Å². The molecule has 0 amide bonds. The standard InChI is InChI=1S/C19H18F3N3O2S/c1-11-4-6-14(7-5-11)28(26,27)25-17(19(20,21)22)10-24-16-9-13(3)12(2)8-15(16)23-18(24)25/h4-9,17H,10H2,1-3H3. The average Bonchev–Trinajstić information content (AvgIpc) is 3.12. The number of fused-ring (bicyclic) bond motifs is 3. The molecular weight excluding hydrogens is 391 g/mol. The van der Waals surface area contributed by atoms with Crippen molar-refractivity contribution in [3.8, 4) is 0 Å². The maximum atomic E-state index is 13.8. The van der Waals surface area contributed by atoms with Crippen LogP contribution in [0.15, 0.2) is 41.3 Å². The number of benzene rings is 2. The molecule has 2 heterocycles. The van der Waals surface area contributed by atoms with E-state index < -0.39 is 28.8 Å². The Bertz CT molecular complexity index is 1180. The zero-order chi connectivity index (χ0) is 20.4. The van der Waals surface area contributed by atoms with Crippen LogP contribution >= 0.6 is 0 Å². The van der Waals surface area contributed by atoms with Crippen molar-refractivity contribution in [1.82, 2.24) is 9.55 Å². The van der Waals surface area contributed by atoms with E-state index >= 15 is 0 Å². The Balaban J connectivity index is 1.95. The van der Waals surface area contributed by atoms with E-state index in [1.807, 2.05) is 13.8 Å². The van der Waals surface area contributed by atoms with Gasteiger partial charge in [-0.1, -0.05) is 17.7 Å². The Kier molecular flexibility index (Phi) is 4.01. The number of aryl methyl sites for hydroxylation is 3. The summed E-state index contributed by atoms with van der Waals surface area (Å²) < 4.78 is 69.3. The number of nitrogens with zero attached hydrogens (tertiary/aromatic N) is 3. The van der Waals surface area contributed by atoms with E-state index in [2.05, 4.69) is 4.98 Å². The largest absolute Gasteiger partial charge is 0.411 e. The van der Waals surface area contributed by atoms with Crippen LogP contribution in [0.2, 0.25) is 0 Å². The molecule has 0 N–H and O–H groups in total. The number of imidazole rings is 1. The first kappa shape index (κ1) is 18.8. The Morgan fingerprint density at radius 2 is 1.64 bits per heavy atom. The molecule has 0 radical (unpaired) electrons. The summed E-state index contributed by atoms with van der Waals surface area (Å²) in [7, 11) is -4.44. The molecule has 1 aliphatic heterocycles. The summed E-state index contributed by atoms with van der Waals surface area (Å²) in [5, 5.41) is 0. The van der Waals surface area contributed by atoms with E-state index in [1.165, 1.54) is 16.7 Å². The van der Waals surface area contributed by atoms with Gasteiger partial charge in [0.15, 0.2) is 6.04 Å². The lowest BCUT2D eigenvalue weighted by Gasteiger charge is -2.26. The van der Waals surface area contributed by atoms with Crippen LogP contribution in [0.5, 0.6) is 0 Å². The van der Waals surface area contributed by atoms with E-state index in [9.17, 15) is 21.6 Å². The predicted molar refractivity (Wildman–Crippen MR) is 99.9 cm³/mol. The van der Waals surface area contributed by atoms with Crippen LogP contribution in [0.1, 0.15) is 16.7 Å². The van der Waals surface area contributed by atoms with Crippen LogP contribution < -0.4 is 4.31 Å². The van der Waals surface area contributed by atoms with Gasteiger partial charge in [-0.15, -0.1) is 0 Å². The van der Waals surface area contributed by atoms with Crippen molar-refractivity contribution in [3.05, 3.63) is 53.1 Å². The molecule has 0 aliphatic carbocycles. The molecule has 4 rings (SSSR count). The van der Waals surface area contributed by atoms with Crippen molar-refractivity contribution in [2.75, 3.05) is 4.31 Å². The highest BCUT2D eigenvalue weighted by Crippen LogP contribution is 2.41. The monoisotopic (exact) mass is 409 g/mol. The molecule has 0 spiro atoms. The molecule has 1 atom stereocenters. The molecule has 0 saturated carbocycles. The molecule has 0 bridgehead atoms. The quantitative estimate of drug-likeness (QED) is 0.640. The van der Waals surface area contributed by atoms with Gasteiger partial charge in [-0.05, 0) is 56.2 Å². The van der Waals surface area contributed by atoms with E-state index in [0.717, 1.165) is 16.7 Å². The fraction of sp³-hybridized carbons (Fsp3) is 0.316. The molecule has 0 fully saturated rings. The molecular formula is C19H18F3N3O2S. The lowest BCUT2D eigenvalue weighted by Crippen LogP contribution is -2.47. The molecule has 0 saturated heterocycles. The highest BCUT2D eigenvalue weighted by molar-refractivity contribution is 7.92. The highest BCUT2D eigenvalue weighted by atomic mass is 32.2. The second kappa shape index (κ2) is 5.97. The Hall–Kier alpha value is -2.55. The van der Waals surface area contributed by atoms with Crippen molar-refractivity contribution >= 4 is 27.0 Å². The topological polar surface area (TPSA) is 55.2 Å². The molecule has 1 aliphatic rings. The molecule has 1 aromatic heterocycles. The van der Waals surface area contributed by atoms with Gasteiger partial charge in [-0.25, -0.2) is 17.7 Å². The normalized spacial score (nSPS) is 17.4. The smallest absolute Gasteiger partial charge is 0.307 e. The number of halogens is 3. The fourth-order valence-electron chi connectivity index (χ4n) is 3.44. The van der Waals surface area contributed by atoms with Crippen LogP contribution in [0.3, 0.4) is 0 Å². The summed E-state index contributed by atoms with van der Waals surface area (Å²) >= 11 is 0. The van der Waals surface area contributed by atoms with Crippen molar-refractivity contribution in [1.29, 1.82) is 0 Å². The zero-order valence-electron chi connectivity index (χ0n) is 15.4. The predicted octanol–water partition coefficient (Wildman–Crippen LogP) is 4.10. The van der Waals surface area contributed by atoms with Crippen molar-refractivity contribution in [2.24, 2.45) is 0 Å². The minimum absolute atomic E-state index is 0.194. The minimum atomic E-state index is -4.73. The van der Waals surface area contributed by atoms with Gasteiger partial charge in [0.05, 0.1) is 22.5 Å². The van der Waals surface area contributed by atoms with Gasteiger partial charge >= 0.3 is 6.18 Å². The van der Waals surface area contributed by atoms with E-state index in [4.69, 9.17) is 0 Å². The van der Waals surface area contributed by atoms with Crippen LogP contribution in [0.25, 0.3) is 11.0 Å². The Morgan fingerprint density at radius 3 is 2.25 bits per heavy atom. The third-order valence-electron chi connectivity index (χ3n) is 5.13. The number of rotatable bonds is 2. The van der Waals surface area contributed by atoms with Crippen LogP contribution in [-0.4, -0.2) is 30.2 Å². The number of aromatic nitrogens is 2. The first-order valence-corrected chi connectivity index (χ1v) is 10.1. The third-order valence-corrected chi connectivity index (χ3v) is 6.94. The van der Waals surface area contributed by atoms with Gasteiger partial charge < -0.3 is 4.57 Å². The van der Waals surface area contributed by atoms with Gasteiger partial charge in [-0.2, -0.15) is 13.2 Å². The van der Waals surface area contributed by atoms with Gasteiger partial charge in [0.25, 0.3) is 10.0 Å². The summed E-state index contributed by atoms with van der Waals surface area (Å²) in [6, 6.07) is 7.05. The Labute approximate surface area is 160 Å². The lowest BCUT2D eigenvalue weighted by atomic mass is 10.1. The number of sulfonamides is 1. The summed E-state index contributed by atoms with van der Waals surface area (Å²) in [5.41, 5.74) is 3.62. The number of anilines is 1. The van der Waals surface area contributed by atoms with Gasteiger partial charge in [-0.3, -0.25) is 0 Å². The molecule has 148 valence electrons. The maximum absolute atomic E-state index is 13.8. The minimum Gasteiger partial charge on any atom is -0.307 e. The molecule has 3 aromatic rings. The second-order valence-corrected chi connectivity index (χ2v) is 8.93. The molecule has 5 nitrogen and oxygen atoms in total. The van der Waals surface area contributed by atoms with Gasteiger partial charge in [0, 0.05) is 0 Å². The Morgan fingerprint density at radius 1 is 1.04 bits per heavy atom. The van der Waals surface area contributed by atoms with Crippen molar-refractivity contribution in [3.63, 3.8) is 0 Å². The summed E-state index contributed by atoms with van der Waals surface area (Å²) in [6.45, 7) is 4.97. The lowest BCUT2D eigenvalue weighted by molar-refractivity contribution is -0.145. The molecule has 9 heteroatoms. The first-order valence-electron chi connectivity index (χ1n) is 8.65. The van der Waals surface area contributed by atoms with Crippen molar-refractivity contribution in [2.45, 2.75) is 44.4 Å². The fourth-order valence-corrected chi connectivity index (χ4v) is 5.02. The second-order valence-electron chi connectivity index (χ2n) is 7.12. The highest BCUT2D eigenvalue weighted by Gasteiger charge is 2.54. The van der Waals surface area contributed by atoms with E-state index in [-0.39, 0.29) is 10.8 Å². The summed E-state index contributed by atoms with van der Waals surface area (Å²) in [5.74, 6) is -0.206. The SMILES string of the molecule is Cc1ccc(S(=O)(=O)N2c3nc4cc(C)c(C)cc4n3CC2C(F)(F)F)cc1. The van der Waals surface area contributed by atoms with E-state index in [1.54, 1.807) is 31.2 Å². The number of hydrogen-bond acceptors (Lipinski definition) is 3. The molecule has 2 aromatic carbocycles. The zero-order valence-corrected chi connectivity index (χ0v) is 16.3. The summed E-state index contributed by atoms with van der Waals surface area (Å²) in [4.78, 5) is 4.07. The maximum Gasteiger partial charge on any atom is 0.411 e. The summed E-state index contributed by atoms with van der Waals surface area (Å²) in [6.07, 6.45) is -4.73.